The molecule has 2 aromatic carbocycles. The molecule has 0 bridgehead atoms. The van der Waals surface area contributed by atoms with Crippen LogP contribution in [0.2, 0.25) is 0 Å². The summed E-state index contributed by atoms with van der Waals surface area (Å²) in [5, 5.41) is 3.58. The Hall–Kier alpha value is -3.08. The van der Waals surface area contributed by atoms with Gasteiger partial charge in [0, 0.05) is 43.4 Å². The van der Waals surface area contributed by atoms with Crippen LogP contribution in [0.25, 0.3) is 0 Å². The van der Waals surface area contributed by atoms with E-state index in [9.17, 15) is 9.59 Å². The van der Waals surface area contributed by atoms with Gasteiger partial charge in [-0.15, -0.1) is 0 Å². The van der Waals surface area contributed by atoms with Crippen molar-refractivity contribution in [2.75, 3.05) is 29.2 Å². The smallest absolute Gasteiger partial charge is 0.231 e. The lowest BCUT2D eigenvalue weighted by atomic mass is 9.73. The summed E-state index contributed by atoms with van der Waals surface area (Å²) in [6, 6.07) is 15.8. The van der Waals surface area contributed by atoms with Crippen molar-refractivity contribution in [3.8, 4) is 0 Å². The van der Waals surface area contributed by atoms with Gasteiger partial charge in [-0.2, -0.15) is 0 Å². The normalized spacial score (nSPS) is 21.9. The second kappa shape index (κ2) is 7.51. The predicted molar refractivity (Wildman–Crippen MR) is 129 cm³/mol. The Morgan fingerprint density at radius 2 is 1.72 bits per heavy atom. The van der Waals surface area contributed by atoms with Crippen LogP contribution >= 0.6 is 0 Å². The summed E-state index contributed by atoms with van der Waals surface area (Å²) in [4.78, 5) is 31.3. The fourth-order valence-electron chi connectivity index (χ4n) is 5.03. The number of hydrogen-bond donors (Lipinski definition) is 1. The fourth-order valence-corrected chi connectivity index (χ4v) is 5.03. The molecule has 1 heterocycles. The first-order valence-electron chi connectivity index (χ1n) is 11.5. The van der Waals surface area contributed by atoms with E-state index in [1.807, 2.05) is 43.3 Å². The number of rotatable bonds is 3. The fraction of sp³-hybridized carbons (Fsp3) is 0.407. The maximum absolute atomic E-state index is 13.7. The lowest BCUT2D eigenvalue weighted by molar-refractivity contribution is -0.120. The summed E-state index contributed by atoms with van der Waals surface area (Å²) in [6.45, 7) is 4.28. The van der Waals surface area contributed by atoms with E-state index in [2.05, 4.69) is 48.3 Å². The van der Waals surface area contributed by atoms with Crippen molar-refractivity contribution in [3.05, 3.63) is 65.4 Å². The van der Waals surface area contributed by atoms with E-state index >= 15 is 0 Å². The number of para-hydroxylation sites is 2. The predicted octanol–water partition coefficient (Wildman–Crippen LogP) is 5.31. The highest BCUT2D eigenvalue weighted by molar-refractivity contribution is 6.07. The van der Waals surface area contributed by atoms with Crippen LogP contribution in [0.5, 0.6) is 0 Å². The van der Waals surface area contributed by atoms with Gasteiger partial charge >= 0.3 is 0 Å². The maximum atomic E-state index is 13.7. The van der Waals surface area contributed by atoms with Gasteiger partial charge in [-0.3, -0.25) is 14.5 Å². The topological polar surface area (TPSA) is 52.7 Å². The van der Waals surface area contributed by atoms with Gasteiger partial charge in [0.25, 0.3) is 0 Å². The highest BCUT2D eigenvalue weighted by Gasteiger charge is 2.45. The molecule has 1 saturated carbocycles. The molecule has 1 atom stereocenters. The third-order valence-corrected chi connectivity index (χ3v) is 6.79. The number of nitrogens with one attached hydrogen (secondary N) is 1. The monoisotopic (exact) mass is 429 g/mol. The Morgan fingerprint density at radius 1 is 1.03 bits per heavy atom. The molecule has 1 N–H and O–H groups in total. The molecule has 0 unspecified atom stereocenters. The first-order chi connectivity index (χ1) is 15.2. The Morgan fingerprint density at radius 3 is 2.38 bits per heavy atom. The Balaban J connectivity index is 1.74. The van der Waals surface area contributed by atoms with Gasteiger partial charge in [0.1, 0.15) is 0 Å². The zero-order valence-corrected chi connectivity index (χ0v) is 19.3. The van der Waals surface area contributed by atoms with Crippen molar-refractivity contribution in [2.24, 2.45) is 11.3 Å². The largest absolute Gasteiger partial charge is 0.378 e. The van der Waals surface area contributed by atoms with E-state index in [4.69, 9.17) is 0 Å². The number of fused-ring (bicyclic) bond motifs is 1. The number of carbonyl (C=O) groups is 2. The lowest BCUT2D eigenvalue weighted by Gasteiger charge is -2.37. The average Bonchev–Trinajstić information content (AvgIpc) is 3.58. The summed E-state index contributed by atoms with van der Waals surface area (Å²) >= 11 is 0. The van der Waals surface area contributed by atoms with E-state index in [0.717, 1.165) is 53.2 Å². The maximum Gasteiger partial charge on any atom is 0.231 e. The minimum Gasteiger partial charge on any atom is -0.378 e. The average molecular weight is 430 g/mol. The van der Waals surface area contributed by atoms with Gasteiger partial charge in [0.2, 0.25) is 5.91 Å². The third-order valence-electron chi connectivity index (χ3n) is 6.79. The number of nitrogens with zero attached hydrogens (tertiary/aromatic N) is 2. The Bertz CT molecular complexity index is 1110. The second-order valence-corrected chi connectivity index (χ2v) is 10.3. The highest BCUT2D eigenvalue weighted by atomic mass is 16.2. The summed E-state index contributed by atoms with van der Waals surface area (Å²) in [6.07, 6.45) is 3.11. The van der Waals surface area contributed by atoms with Crippen molar-refractivity contribution in [2.45, 2.75) is 45.6 Å². The quantitative estimate of drug-likeness (QED) is 0.719. The molecule has 1 aliphatic heterocycles. The number of benzene rings is 2. The molecule has 32 heavy (non-hydrogen) atoms. The first-order valence-corrected chi connectivity index (χ1v) is 11.5. The first kappa shape index (κ1) is 20.8. The van der Waals surface area contributed by atoms with Crippen LogP contribution in [0.3, 0.4) is 0 Å². The molecule has 166 valence electrons. The summed E-state index contributed by atoms with van der Waals surface area (Å²) in [5.41, 5.74) is 5.39. The molecule has 5 rings (SSSR count). The highest BCUT2D eigenvalue weighted by Crippen LogP contribution is 2.49. The van der Waals surface area contributed by atoms with Crippen molar-refractivity contribution in [1.82, 2.24) is 0 Å². The zero-order chi connectivity index (χ0) is 22.6. The molecule has 0 radical (unpaired) electrons. The number of ketones is 1. The van der Waals surface area contributed by atoms with Gasteiger partial charge in [-0.25, -0.2) is 0 Å². The molecule has 1 fully saturated rings. The number of allylic oxidation sites excluding steroid dienone is 1. The van der Waals surface area contributed by atoms with Crippen LogP contribution in [0, 0.1) is 11.3 Å². The van der Waals surface area contributed by atoms with Crippen molar-refractivity contribution < 1.29 is 9.59 Å². The van der Waals surface area contributed by atoms with Crippen molar-refractivity contribution in [1.29, 1.82) is 0 Å². The summed E-state index contributed by atoms with van der Waals surface area (Å²) in [5.74, 6) is 0.294. The third kappa shape index (κ3) is 3.60. The Labute approximate surface area is 190 Å². The molecular weight excluding hydrogens is 398 g/mol. The van der Waals surface area contributed by atoms with E-state index < -0.39 is 6.04 Å². The minimum absolute atomic E-state index is 0.0453. The second-order valence-electron chi connectivity index (χ2n) is 10.3. The van der Waals surface area contributed by atoms with Crippen molar-refractivity contribution in [3.63, 3.8) is 0 Å². The molecule has 1 amide bonds. The van der Waals surface area contributed by atoms with Crippen LogP contribution in [-0.4, -0.2) is 25.8 Å². The van der Waals surface area contributed by atoms with Crippen LogP contribution in [0.4, 0.5) is 17.1 Å². The number of hydrogen-bond acceptors (Lipinski definition) is 4. The molecular formula is C27H31N3O2. The van der Waals surface area contributed by atoms with Crippen LogP contribution in [0.15, 0.2) is 59.8 Å². The lowest BCUT2D eigenvalue weighted by Crippen LogP contribution is -2.40. The van der Waals surface area contributed by atoms with Crippen LogP contribution in [-0.2, 0) is 9.59 Å². The number of amides is 1. The minimum atomic E-state index is -0.422. The van der Waals surface area contributed by atoms with Crippen LogP contribution in [0.1, 0.15) is 51.1 Å². The van der Waals surface area contributed by atoms with E-state index in [1.165, 1.54) is 0 Å². The molecule has 0 spiro atoms. The van der Waals surface area contributed by atoms with E-state index in [0.29, 0.717) is 6.42 Å². The number of Topliss-reactive ketones (excluding diaryl/α,β-unsaturated/α-hetero) is 1. The SMILES string of the molecule is CN(C)c1ccc([C@@H]2C3=C(CC(C)(C)CC3=O)Nc3ccccc3N2C(=O)C2CC2)cc1. The van der Waals surface area contributed by atoms with Gasteiger partial charge in [0.15, 0.2) is 5.78 Å². The molecule has 5 heteroatoms. The van der Waals surface area contributed by atoms with Gasteiger partial charge in [-0.1, -0.05) is 38.1 Å². The molecule has 5 nitrogen and oxygen atoms in total. The molecule has 0 saturated heterocycles. The van der Waals surface area contributed by atoms with Gasteiger partial charge in [0.05, 0.1) is 17.4 Å². The van der Waals surface area contributed by atoms with E-state index in [-0.39, 0.29) is 23.0 Å². The molecule has 2 aromatic rings. The number of carbonyl (C=O) groups excluding carboxylic acids is 2. The summed E-state index contributed by atoms with van der Waals surface area (Å²) < 4.78 is 0. The van der Waals surface area contributed by atoms with Crippen molar-refractivity contribution >= 4 is 28.8 Å². The summed E-state index contributed by atoms with van der Waals surface area (Å²) in [7, 11) is 4.02. The molecule has 3 aliphatic rings. The van der Waals surface area contributed by atoms with E-state index in [1.54, 1.807) is 0 Å². The zero-order valence-electron chi connectivity index (χ0n) is 19.3. The van der Waals surface area contributed by atoms with Crippen LogP contribution < -0.4 is 15.1 Å². The van der Waals surface area contributed by atoms with Gasteiger partial charge in [-0.05, 0) is 54.5 Å². The van der Waals surface area contributed by atoms with Gasteiger partial charge < -0.3 is 10.2 Å². The molecule has 2 aliphatic carbocycles. The standard InChI is InChI=1S/C27H31N3O2/c1-27(2)15-21-24(23(31)16-27)25(17-11-13-19(14-12-17)29(3)4)30(26(32)18-9-10-18)22-8-6-5-7-20(22)28-21/h5-8,11-14,18,25,28H,9-10,15-16H2,1-4H3/t25-/m1/s1. The Kier molecular flexibility index (Phi) is 4.88. The molecule has 0 aromatic heterocycles. The number of anilines is 3.